The minimum absolute atomic E-state index is 0.0127. The van der Waals surface area contributed by atoms with Crippen LogP contribution in [0.2, 0.25) is 5.02 Å². The fraction of sp³-hybridized carbons (Fsp3) is 0.345. The number of fused-ring (bicyclic) bond motifs is 1. The van der Waals surface area contributed by atoms with Crippen LogP contribution >= 0.6 is 11.6 Å². The van der Waals surface area contributed by atoms with E-state index in [2.05, 4.69) is 25.7 Å². The van der Waals surface area contributed by atoms with Crippen molar-refractivity contribution in [2.75, 3.05) is 63.2 Å². The molecule has 4 aromatic carbocycles. The number of alkyl halides is 4. The van der Waals surface area contributed by atoms with Crippen molar-refractivity contribution in [1.82, 2.24) is 25.0 Å². The smallest absolute Gasteiger partial charge is 0.418 e. The maximum absolute atomic E-state index is 18.3. The Kier molecular flexibility index (Phi) is 14.4. The van der Waals surface area contributed by atoms with Crippen LogP contribution in [-0.4, -0.2) is 90.2 Å². The van der Waals surface area contributed by atoms with Gasteiger partial charge in [-0.05, 0) is 104 Å². The second kappa shape index (κ2) is 21.1. The Bertz CT molecular complexity index is 3080. The summed E-state index contributed by atoms with van der Waals surface area (Å²) in [6.07, 6.45) is -1.29. The number of benzene rings is 4. The predicted molar refractivity (Wildman–Crippen MR) is 276 cm³/mol. The predicted octanol–water partition coefficient (Wildman–Crippen LogP) is 11.5. The Balaban J connectivity index is 1.10. The number of aliphatic imine (C=N–C) groups is 1. The summed E-state index contributed by atoms with van der Waals surface area (Å²) in [5.74, 6) is 0.753. The van der Waals surface area contributed by atoms with Crippen molar-refractivity contribution in [1.29, 1.82) is 0 Å². The molecule has 0 aliphatic carbocycles. The summed E-state index contributed by atoms with van der Waals surface area (Å²) >= 11 is 7.30. The molecular formula is C55H55ClF5N9O5. The average molecular weight is 1050 g/mol. The summed E-state index contributed by atoms with van der Waals surface area (Å²) in [5, 5.41) is 14.7. The molecule has 6 aromatic rings. The van der Waals surface area contributed by atoms with E-state index in [1.54, 1.807) is 67.7 Å². The number of aryl methyl sites for hydroxylation is 1. The average Bonchev–Trinajstić information content (AvgIpc) is 3.92. The van der Waals surface area contributed by atoms with Gasteiger partial charge >= 0.3 is 12.1 Å². The van der Waals surface area contributed by atoms with Crippen LogP contribution in [-0.2, 0) is 30.5 Å². The molecule has 0 radical (unpaired) electrons. The lowest BCUT2D eigenvalue weighted by molar-refractivity contribution is -0.137. The van der Waals surface area contributed by atoms with E-state index in [0.29, 0.717) is 48.1 Å². The van der Waals surface area contributed by atoms with Crippen LogP contribution in [0.15, 0.2) is 108 Å². The minimum Gasteiger partial charge on any atom is -0.497 e. The number of hydrogen-bond acceptors (Lipinski definition) is 14. The highest BCUT2D eigenvalue weighted by Crippen LogP contribution is 2.52. The molecule has 10 rings (SSSR count). The lowest BCUT2D eigenvalue weighted by Crippen LogP contribution is -2.42. The third-order valence-corrected chi connectivity index (χ3v) is 14.7. The fourth-order valence-electron chi connectivity index (χ4n) is 10.5. The van der Waals surface area contributed by atoms with Gasteiger partial charge in [0.2, 0.25) is 0 Å². The highest BCUT2D eigenvalue weighted by Gasteiger charge is 2.50. The third-order valence-electron chi connectivity index (χ3n) is 14.3. The molecule has 6 heterocycles. The van der Waals surface area contributed by atoms with E-state index >= 15 is 22.0 Å². The fourth-order valence-corrected chi connectivity index (χ4v) is 10.9. The summed E-state index contributed by atoms with van der Waals surface area (Å²) in [4.78, 5) is 15.2. The normalized spacial score (nSPS) is 18.4. The van der Waals surface area contributed by atoms with Crippen molar-refractivity contribution in [3.05, 3.63) is 153 Å². The van der Waals surface area contributed by atoms with Gasteiger partial charge in [0, 0.05) is 38.2 Å². The van der Waals surface area contributed by atoms with Gasteiger partial charge in [0.1, 0.15) is 48.3 Å². The monoisotopic (exact) mass is 1050 g/mol. The molecule has 2 aromatic heterocycles. The lowest BCUT2D eigenvalue weighted by Gasteiger charge is -2.33. The number of methoxy groups -OCH3 is 3. The molecule has 0 amide bonds. The number of hydrogen-bond donors (Lipinski definition) is 2. The number of nitrogens with one attached hydrogen (secondary N) is 2. The number of nitrogens with zero attached hydrogens (tertiary/aromatic N) is 7. The number of pyridine rings is 1. The topological polar surface area (TPSA) is 131 Å². The van der Waals surface area contributed by atoms with Crippen LogP contribution in [0.1, 0.15) is 71.2 Å². The first kappa shape index (κ1) is 51.1. The molecule has 20 heteroatoms. The van der Waals surface area contributed by atoms with E-state index in [0.717, 1.165) is 23.1 Å². The molecule has 2 N–H and O–H groups in total. The van der Waals surface area contributed by atoms with Gasteiger partial charge in [0.05, 0.1) is 78.4 Å². The Labute approximate surface area is 436 Å². The molecule has 4 aliphatic rings. The summed E-state index contributed by atoms with van der Waals surface area (Å²) in [6.45, 7) is 4.77. The summed E-state index contributed by atoms with van der Waals surface area (Å²) in [6, 6.07) is 24.6. The van der Waals surface area contributed by atoms with Gasteiger partial charge in [-0.15, -0.1) is 5.10 Å². The second-order valence-corrected chi connectivity index (χ2v) is 19.4. The molecular weight excluding hydrogens is 997 g/mol. The Morgan fingerprint density at radius 1 is 0.920 bits per heavy atom. The van der Waals surface area contributed by atoms with Gasteiger partial charge < -0.3 is 44.1 Å². The van der Waals surface area contributed by atoms with Gasteiger partial charge in [0.25, 0.3) is 0 Å². The highest BCUT2D eigenvalue weighted by molar-refractivity contribution is 6.37. The third kappa shape index (κ3) is 10.3. The first-order valence-corrected chi connectivity index (χ1v) is 24.9. The zero-order valence-corrected chi connectivity index (χ0v) is 42.7. The molecule has 3 atom stereocenters. The minimum atomic E-state index is -5.03. The van der Waals surface area contributed by atoms with Gasteiger partial charge in [-0.1, -0.05) is 48.0 Å². The van der Waals surface area contributed by atoms with Crippen molar-refractivity contribution in [3.63, 3.8) is 0 Å². The van der Waals surface area contributed by atoms with Crippen molar-refractivity contribution in [3.8, 4) is 34.3 Å². The van der Waals surface area contributed by atoms with Crippen LogP contribution in [0.25, 0.3) is 11.3 Å². The molecule has 0 bridgehead atoms. The van der Waals surface area contributed by atoms with E-state index in [1.165, 1.54) is 19.2 Å². The van der Waals surface area contributed by atoms with Crippen molar-refractivity contribution >= 4 is 34.8 Å². The van der Waals surface area contributed by atoms with Crippen LogP contribution in [0.4, 0.5) is 39.3 Å². The molecule has 0 spiro atoms. The maximum atomic E-state index is 18.3. The van der Waals surface area contributed by atoms with E-state index in [1.807, 2.05) is 55.5 Å². The first-order valence-electron chi connectivity index (χ1n) is 24.5. The molecule has 0 saturated carbocycles. The SMILES string of the molecule is COc1ccc(CNc2nnccc2C(C)N2C=C(OC[C@@]34CCCN3C[C@H](F)C4)Oc3c(F)c(-c4nc(N(Cc5ccc(OC)cc5)Cc5ccc(OC)cc5)cc(C)c4C(F)(F)F)c(Cl)c4c3C2=NCN4)cc1. The van der Waals surface area contributed by atoms with Gasteiger partial charge in [-0.25, -0.2) is 18.8 Å². The van der Waals surface area contributed by atoms with E-state index in [-0.39, 0.29) is 78.8 Å². The number of anilines is 3. The molecule has 392 valence electrons. The maximum Gasteiger partial charge on any atom is 0.418 e. The van der Waals surface area contributed by atoms with Gasteiger partial charge in [-0.3, -0.25) is 4.90 Å². The molecule has 75 heavy (non-hydrogen) atoms. The van der Waals surface area contributed by atoms with Crippen molar-refractivity contribution in [2.45, 2.75) is 76.7 Å². The van der Waals surface area contributed by atoms with E-state index < -0.39 is 52.3 Å². The van der Waals surface area contributed by atoms with E-state index in [4.69, 9.17) is 45.3 Å². The van der Waals surface area contributed by atoms with Gasteiger partial charge in [-0.2, -0.15) is 18.3 Å². The number of amidine groups is 1. The largest absolute Gasteiger partial charge is 0.497 e. The second-order valence-electron chi connectivity index (χ2n) is 19.0. The first-order chi connectivity index (χ1) is 36.2. The number of aromatic nitrogens is 3. The van der Waals surface area contributed by atoms with Crippen LogP contribution in [0.5, 0.6) is 23.0 Å². The summed E-state index contributed by atoms with van der Waals surface area (Å²) in [7, 11) is 4.70. The highest BCUT2D eigenvalue weighted by atomic mass is 35.5. The molecule has 2 fully saturated rings. The van der Waals surface area contributed by atoms with Gasteiger partial charge in [0.15, 0.2) is 17.4 Å². The van der Waals surface area contributed by atoms with Crippen molar-refractivity contribution in [2.24, 2.45) is 4.99 Å². The van der Waals surface area contributed by atoms with E-state index in [9.17, 15) is 0 Å². The molecule has 1 unspecified atom stereocenters. The Morgan fingerprint density at radius 3 is 2.19 bits per heavy atom. The number of rotatable bonds is 17. The quantitative estimate of drug-likeness (QED) is 0.0841. The molecule has 4 aliphatic heterocycles. The van der Waals surface area contributed by atoms with Crippen LogP contribution in [0.3, 0.4) is 0 Å². The number of ether oxygens (including phenoxy) is 5. The Hall–Kier alpha value is -7.38. The van der Waals surface area contributed by atoms with Crippen LogP contribution in [0, 0.1) is 12.7 Å². The molecule has 2 saturated heterocycles. The van der Waals surface area contributed by atoms with Crippen molar-refractivity contribution < 1.29 is 45.6 Å². The zero-order chi connectivity index (χ0) is 52.6. The zero-order valence-electron chi connectivity index (χ0n) is 41.9. The Morgan fingerprint density at radius 2 is 1.56 bits per heavy atom. The van der Waals surface area contributed by atoms with Crippen LogP contribution < -0.4 is 34.5 Å². The lowest BCUT2D eigenvalue weighted by atomic mass is 9.95. The summed E-state index contributed by atoms with van der Waals surface area (Å²) < 4.78 is 110. The standard InChI is InChI=1S/C55H55ClF5N9O5/c1-32-23-42(68(26-35-9-15-39(72-4)16-10-35)27-36-11-17-40(73-5)18-12-36)66-49(46(32)55(59,60)61)44-47(56)50-45-51(48(44)58)75-43(74-30-54-20-6-22-69(54)28-37(57)24-54)29-70(53(45)64-31-63-50)33(2)41-19-21-65-67-52(41)62-25-34-7-13-38(71-3)14-8-34/h7-19,21,23,29,33,37,63H,6,20,22,24-28,30-31H2,1-5H3,(H,62,67)/t33?,37-,54+/m1/s1. The molecule has 14 nitrogen and oxygen atoms in total. The number of halogens is 6. The summed E-state index contributed by atoms with van der Waals surface area (Å²) in [5.41, 5.74) is -0.164.